The summed E-state index contributed by atoms with van der Waals surface area (Å²) in [4.78, 5) is 14.7. The average molecular weight is 272 g/mol. The quantitative estimate of drug-likeness (QED) is 0.769. The maximum Gasteiger partial charge on any atom is 0.226 e. The Balaban J connectivity index is 1.37. The minimum atomic E-state index is 0.257. The van der Waals surface area contributed by atoms with Crippen molar-refractivity contribution in [2.75, 3.05) is 13.1 Å². The average Bonchev–Trinajstić information content (AvgIpc) is 3.23. The highest BCUT2D eigenvalue weighted by Crippen LogP contribution is 2.44. The normalized spacial score (nSPS) is 33.0. The van der Waals surface area contributed by atoms with Crippen LogP contribution < -0.4 is 0 Å². The van der Waals surface area contributed by atoms with E-state index >= 15 is 0 Å². The molecule has 3 aliphatic rings. The summed E-state index contributed by atoms with van der Waals surface area (Å²) >= 11 is 0. The minimum absolute atomic E-state index is 0.257. The van der Waals surface area contributed by atoms with Gasteiger partial charge in [0.15, 0.2) is 0 Å². The van der Waals surface area contributed by atoms with Crippen LogP contribution in [0.3, 0.4) is 0 Å². The number of allylic oxidation sites excluding steroid dienone is 2. The van der Waals surface area contributed by atoms with Gasteiger partial charge in [0.2, 0.25) is 5.91 Å². The molecule has 2 fully saturated rings. The number of likely N-dealkylation sites (tertiary alicyclic amines) is 1. The first-order chi connectivity index (χ1) is 9.81. The molecular weight excluding hydrogens is 252 g/mol. The van der Waals surface area contributed by atoms with E-state index in [0.717, 1.165) is 32.4 Å². The molecule has 3 atom stereocenters. The number of aromatic nitrogens is 3. The van der Waals surface area contributed by atoms with Gasteiger partial charge in [0.25, 0.3) is 0 Å². The predicted octanol–water partition coefficient (Wildman–Crippen LogP) is 1.65. The SMILES string of the molecule is O=C(C1CC2C=CC1C2)N1CCC(n2ccnn2)CC1. The third-order valence-corrected chi connectivity index (χ3v) is 5.19. The van der Waals surface area contributed by atoms with Crippen LogP contribution in [0.1, 0.15) is 31.7 Å². The molecule has 0 aromatic carbocycles. The molecule has 20 heavy (non-hydrogen) atoms. The molecule has 1 saturated carbocycles. The maximum atomic E-state index is 12.6. The van der Waals surface area contributed by atoms with E-state index in [1.54, 1.807) is 6.20 Å². The molecule has 1 amide bonds. The van der Waals surface area contributed by atoms with E-state index in [1.807, 2.05) is 10.9 Å². The van der Waals surface area contributed by atoms with Crippen molar-refractivity contribution in [3.05, 3.63) is 24.5 Å². The Hall–Kier alpha value is -1.65. The Bertz CT molecular complexity index is 516. The van der Waals surface area contributed by atoms with Crippen molar-refractivity contribution >= 4 is 5.91 Å². The van der Waals surface area contributed by atoms with Crippen LogP contribution in [-0.4, -0.2) is 38.9 Å². The van der Waals surface area contributed by atoms with E-state index in [-0.39, 0.29) is 5.92 Å². The van der Waals surface area contributed by atoms with Gasteiger partial charge in [0.05, 0.1) is 12.2 Å². The number of hydrogen-bond acceptors (Lipinski definition) is 3. The van der Waals surface area contributed by atoms with Crippen molar-refractivity contribution in [2.24, 2.45) is 17.8 Å². The standard InChI is InChI=1S/C15H20N4O/c20-15(14-10-11-1-2-12(14)9-11)18-6-3-13(4-7-18)19-8-5-16-17-19/h1-2,5,8,11-14H,3-4,6-7,9-10H2. The molecule has 4 rings (SSSR count). The Morgan fingerprint density at radius 3 is 2.60 bits per heavy atom. The van der Waals surface area contributed by atoms with E-state index < -0.39 is 0 Å². The maximum absolute atomic E-state index is 12.6. The van der Waals surface area contributed by atoms with Gasteiger partial charge in [-0.3, -0.25) is 4.79 Å². The molecule has 5 nitrogen and oxygen atoms in total. The van der Waals surface area contributed by atoms with Crippen LogP contribution in [0.5, 0.6) is 0 Å². The van der Waals surface area contributed by atoms with Crippen LogP contribution in [0.25, 0.3) is 0 Å². The molecule has 0 radical (unpaired) electrons. The molecule has 0 spiro atoms. The fraction of sp³-hybridized carbons (Fsp3) is 0.667. The zero-order valence-corrected chi connectivity index (χ0v) is 11.6. The molecule has 106 valence electrons. The summed E-state index contributed by atoms with van der Waals surface area (Å²) in [5, 5.41) is 7.94. The summed E-state index contributed by atoms with van der Waals surface area (Å²) in [6.45, 7) is 1.72. The fourth-order valence-corrected chi connectivity index (χ4v) is 4.06. The first-order valence-corrected chi connectivity index (χ1v) is 7.64. The second kappa shape index (κ2) is 4.72. The predicted molar refractivity (Wildman–Crippen MR) is 73.7 cm³/mol. The summed E-state index contributed by atoms with van der Waals surface area (Å²) in [6, 6.07) is 0.404. The van der Waals surface area contributed by atoms with Gasteiger partial charge in [-0.15, -0.1) is 5.10 Å². The van der Waals surface area contributed by atoms with Crippen LogP contribution >= 0.6 is 0 Å². The number of carbonyl (C=O) groups excluding carboxylic acids is 1. The van der Waals surface area contributed by atoms with Gasteiger partial charge in [0.1, 0.15) is 0 Å². The molecule has 3 unspecified atom stereocenters. The zero-order chi connectivity index (χ0) is 13.5. The lowest BCUT2D eigenvalue weighted by Gasteiger charge is -2.34. The van der Waals surface area contributed by atoms with E-state index in [2.05, 4.69) is 27.4 Å². The third-order valence-electron chi connectivity index (χ3n) is 5.19. The lowest BCUT2D eigenvalue weighted by Crippen LogP contribution is -2.43. The van der Waals surface area contributed by atoms with Crippen LogP contribution in [0.4, 0.5) is 0 Å². The van der Waals surface area contributed by atoms with Crippen molar-refractivity contribution in [1.82, 2.24) is 19.9 Å². The van der Waals surface area contributed by atoms with E-state index in [0.29, 0.717) is 23.8 Å². The Labute approximate surface area is 118 Å². The van der Waals surface area contributed by atoms with Gasteiger partial charge in [-0.2, -0.15) is 0 Å². The molecule has 0 N–H and O–H groups in total. The first-order valence-electron chi connectivity index (χ1n) is 7.64. The highest BCUT2D eigenvalue weighted by Gasteiger charge is 2.42. The lowest BCUT2D eigenvalue weighted by molar-refractivity contribution is -0.137. The summed E-state index contributed by atoms with van der Waals surface area (Å²) < 4.78 is 1.93. The van der Waals surface area contributed by atoms with Crippen LogP contribution in [0, 0.1) is 17.8 Å². The van der Waals surface area contributed by atoms with Gasteiger partial charge in [-0.1, -0.05) is 17.4 Å². The fourth-order valence-electron chi connectivity index (χ4n) is 4.06. The zero-order valence-electron chi connectivity index (χ0n) is 11.6. The Morgan fingerprint density at radius 2 is 2.00 bits per heavy atom. The molecule has 2 bridgehead atoms. The number of hydrogen-bond donors (Lipinski definition) is 0. The van der Waals surface area contributed by atoms with Crippen molar-refractivity contribution in [3.63, 3.8) is 0 Å². The molecule has 2 heterocycles. The summed E-state index contributed by atoms with van der Waals surface area (Å²) in [5.74, 6) is 1.83. The van der Waals surface area contributed by atoms with Crippen LogP contribution in [0.2, 0.25) is 0 Å². The number of nitrogens with zero attached hydrogens (tertiary/aromatic N) is 4. The Morgan fingerprint density at radius 1 is 1.15 bits per heavy atom. The second-order valence-electron chi connectivity index (χ2n) is 6.33. The molecule has 5 heteroatoms. The second-order valence-corrected chi connectivity index (χ2v) is 6.33. The van der Waals surface area contributed by atoms with Gasteiger partial charge in [-0.05, 0) is 37.5 Å². The first kappa shape index (κ1) is 12.1. The van der Waals surface area contributed by atoms with E-state index in [4.69, 9.17) is 0 Å². The van der Waals surface area contributed by atoms with E-state index in [9.17, 15) is 4.79 Å². The molecule has 2 aliphatic carbocycles. The van der Waals surface area contributed by atoms with Crippen molar-refractivity contribution < 1.29 is 4.79 Å². The van der Waals surface area contributed by atoms with Gasteiger partial charge in [0, 0.05) is 25.2 Å². The van der Waals surface area contributed by atoms with Gasteiger partial charge >= 0.3 is 0 Å². The highest BCUT2D eigenvalue weighted by molar-refractivity contribution is 5.80. The van der Waals surface area contributed by atoms with Gasteiger partial charge < -0.3 is 4.90 Å². The summed E-state index contributed by atoms with van der Waals surface area (Å²) in [6.07, 6.45) is 12.5. The molecule has 1 aromatic heterocycles. The number of fused-ring (bicyclic) bond motifs is 2. The van der Waals surface area contributed by atoms with Crippen LogP contribution in [-0.2, 0) is 4.79 Å². The highest BCUT2D eigenvalue weighted by atomic mass is 16.2. The number of amides is 1. The van der Waals surface area contributed by atoms with Crippen molar-refractivity contribution in [2.45, 2.75) is 31.7 Å². The molecule has 1 aromatic rings. The number of rotatable bonds is 2. The largest absolute Gasteiger partial charge is 0.342 e. The van der Waals surface area contributed by atoms with E-state index in [1.165, 1.54) is 6.42 Å². The van der Waals surface area contributed by atoms with Gasteiger partial charge in [-0.25, -0.2) is 4.68 Å². The number of carbonyl (C=O) groups is 1. The molecule has 1 saturated heterocycles. The summed E-state index contributed by atoms with van der Waals surface area (Å²) in [7, 11) is 0. The van der Waals surface area contributed by atoms with Crippen molar-refractivity contribution in [3.8, 4) is 0 Å². The lowest BCUT2D eigenvalue weighted by atomic mass is 9.91. The minimum Gasteiger partial charge on any atom is -0.342 e. The topological polar surface area (TPSA) is 51.0 Å². The molecular formula is C15H20N4O. The smallest absolute Gasteiger partial charge is 0.226 e. The Kier molecular flexibility index (Phi) is 2.86. The monoisotopic (exact) mass is 272 g/mol. The molecule has 1 aliphatic heterocycles. The van der Waals surface area contributed by atoms with Crippen LogP contribution in [0.15, 0.2) is 24.5 Å². The van der Waals surface area contributed by atoms with Crippen molar-refractivity contribution in [1.29, 1.82) is 0 Å². The summed E-state index contributed by atoms with van der Waals surface area (Å²) in [5.41, 5.74) is 0. The third kappa shape index (κ3) is 1.96. The number of piperidine rings is 1.